The molecule has 7 heteroatoms. The maximum Gasteiger partial charge on any atom is 0.408 e. The van der Waals surface area contributed by atoms with Crippen molar-refractivity contribution in [1.82, 2.24) is 5.32 Å². The molecule has 0 aliphatic heterocycles. The van der Waals surface area contributed by atoms with Gasteiger partial charge in [-0.1, -0.05) is 30.3 Å². The second-order valence-corrected chi connectivity index (χ2v) is 4.66. The van der Waals surface area contributed by atoms with Gasteiger partial charge in [-0.15, -0.1) is 0 Å². The van der Waals surface area contributed by atoms with E-state index in [1.165, 1.54) is 7.11 Å². The minimum absolute atomic E-state index is 0.0569. The Hall–Kier alpha value is -2.41. The summed E-state index contributed by atoms with van der Waals surface area (Å²) < 4.78 is 14.6. The second-order valence-electron chi connectivity index (χ2n) is 4.66. The summed E-state index contributed by atoms with van der Waals surface area (Å²) >= 11 is 0. The van der Waals surface area contributed by atoms with Gasteiger partial charge in [0.15, 0.2) is 5.78 Å². The molecular formula is C16H21NO6. The highest BCUT2D eigenvalue weighted by Crippen LogP contribution is 2.02. The van der Waals surface area contributed by atoms with E-state index in [9.17, 15) is 14.4 Å². The molecule has 1 N–H and O–H groups in total. The summed E-state index contributed by atoms with van der Waals surface area (Å²) in [5.74, 6) is -1.14. The summed E-state index contributed by atoms with van der Waals surface area (Å²) in [4.78, 5) is 35.1. The molecule has 0 radical (unpaired) electrons. The number of Topliss-reactive ketones (excluding diaryl/α,β-unsaturated/α-hetero) is 1. The van der Waals surface area contributed by atoms with Crippen LogP contribution in [0.4, 0.5) is 4.79 Å². The maximum absolute atomic E-state index is 12.0. The van der Waals surface area contributed by atoms with Crippen LogP contribution in [-0.4, -0.2) is 44.2 Å². The highest BCUT2D eigenvalue weighted by atomic mass is 16.5. The predicted octanol–water partition coefficient (Wildman–Crippen LogP) is 1.45. The van der Waals surface area contributed by atoms with Gasteiger partial charge in [-0.2, -0.15) is 0 Å². The topological polar surface area (TPSA) is 90.9 Å². The van der Waals surface area contributed by atoms with Gasteiger partial charge in [-0.3, -0.25) is 9.59 Å². The zero-order valence-electron chi connectivity index (χ0n) is 13.2. The molecule has 0 fully saturated rings. The van der Waals surface area contributed by atoms with Crippen molar-refractivity contribution in [3.63, 3.8) is 0 Å². The molecule has 1 amide bonds. The maximum atomic E-state index is 12.0. The quantitative estimate of drug-likeness (QED) is 0.546. The van der Waals surface area contributed by atoms with Gasteiger partial charge >= 0.3 is 12.1 Å². The van der Waals surface area contributed by atoms with Gasteiger partial charge in [0.05, 0.1) is 13.2 Å². The van der Waals surface area contributed by atoms with E-state index in [0.717, 1.165) is 5.56 Å². The Morgan fingerprint density at radius 1 is 1.13 bits per heavy atom. The summed E-state index contributed by atoms with van der Waals surface area (Å²) in [5, 5.41) is 2.39. The molecular weight excluding hydrogens is 302 g/mol. The lowest BCUT2D eigenvalue weighted by Gasteiger charge is -2.16. The molecule has 1 rings (SSSR count). The van der Waals surface area contributed by atoms with Gasteiger partial charge in [0.2, 0.25) is 0 Å². The van der Waals surface area contributed by atoms with Crippen LogP contribution >= 0.6 is 0 Å². The van der Waals surface area contributed by atoms with E-state index in [1.54, 1.807) is 6.92 Å². The van der Waals surface area contributed by atoms with E-state index in [-0.39, 0.29) is 19.8 Å². The van der Waals surface area contributed by atoms with Crippen LogP contribution in [0.15, 0.2) is 30.3 Å². The number of alkyl carbamates (subject to hydrolysis) is 1. The highest BCUT2D eigenvalue weighted by molar-refractivity contribution is 5.99. The first kappa shape index (κ1) is 18.6. The van der Waals surface area contributed by atoms with E-state index in [4.69, 9.17) is 14.2 Å². The molecule has 0 aromatic heterocycles. The van der Waals surface area contributed by atoms with E-state index < -0.39 is 30.3 Å². The van der Waals surface area contributed by atoms with Crippen LogP contribution in [0.5, 0.6) is 0 Å². The van der Waals surface area contributed by atoms with E-state index in [0.29, 0.717) is 0 Å². The third kappa shape index (κ3) is 7.42. The molecule has 1 aromatic carbocycles. The van der Waals surface area contributed by atoms with Crippen LogP contribution in [0.1, 0.15) is 18.9 Å². The summed E-state index contributed by atoms with van der Waals surface area (Å²) in [6, 6.07) is 8.16. The Morgan fingerprint density at radius 2 is 1.83 bits per heavy atom. The fourth-order valence-electron chi connectivity index (χ4n) is 1.77. The molecule has 23 heavy (non-hydrogen) atoms. The minimum Gasteiger partial charge on any atom is -0.466 e. The van der Waals surface area contributed by atoms with Crippen molar-refractivity contribution in [2.75, 3.05) is 20.3 Å². The molecule has 1 aromatic rings. The van der Waals surface area contributed by atoms with E-state index in [2.05, 4.69) is 5.32 Å². The molecule has 0 heterocycles. The summed E-state index contributed by atoms with van der Waals surface area (Å²) in [7, 11) is 1.39. The summed E-state index contributed by atoms with van der Waals surface area (Å²) in [5.41, 5.74) is 0.823. The lowest BCUT2D eigenvalue weighted by Crippen LogP contribution is -2.44. The third-order valence-corrected chi connectivity index (χ3v) is 2.85. The SMILES string of the molecule is CCOC(=O)CC(=O)C(COC)NC(=O)OCc1ccccc1. The average molecular weight is 323 g/mol. The average Bonchev–Trinajstić information content (AvgIpc) is 2.53. The van der Waals surface area contributed by atoms with Crippen molar-refractivity contribution in [3.05, 3.63) is 35.9 Å². The summed E-state index contributed by atoms with van der Waals surface area (Å²) in [6.45, 7) is 1.86. The minimum atomic E-state index is -0.965. The number of carbonyl (C=O) groups is 3. The molecule has 0 saturated heterocycles. The molecule has 0 aliphatic rings. The molecule has 1 atom stereocenters. The van der Waals surface area contributed by atoms with Crippen LogP contribution in [0.3, 0.4) is 0 Å². The van der Waals surface area contributed by atoms with E-state index >= 15 is 0 Å². The van der Waals surface area contributed by atoms with Gasteiger partial charge in [0, 0.05) is 7.11 Å². The number of ketones is 1. The number of ether oxygens (including phenoxy) is 3. The number of carbonyl (C=O) groups excluding carboxylic acids is 3. The van der Waals surface area contributed by atoms with Gasteiger partial charge in [-0.05, 0) is 12.5 Å². The van der Waals surface area contributed by atoms with Crippen molar-refractivity contribution in [3.8, 4) is 0 Å². The fourth-order valence-corrected chi connectivity index (χ4v) is 1.77. The molecule has 0 saturated carbocycles. The number of hydrogen-bond acceptors (Lipinski definition) is 6. The zero-order valence-corrected chi connectivity index (χ0v) is 13.2. The molecule has 0 bridgehead atoms. The largest absolute Gasteiger partial charge is 0.466 e. The first-order valence-corrected chi connectivity index (χ1v) is 7.21. The highest BCUT2D eigenvalue weighted by Gasteiger charge is 2.24. The monoisotopic (exact) mass is 323 g/mol. The Morgan fingerprint density at radius 3 is 2.43 bits per heavy atom. The van der Waals surface area contributed by atoms with Crippen molar-refractivity contribution < 1.29 is 28.6 Å². The molecule has 0 aliphatic carbocycles. The summed E-state index contributed by atoms with van der Waals surface area (Å²) in [6.07, 6.45) is -1.19. The van der Waals surface area contributed by atoms with Crippen molar-refractivity contribution in [2.24, 2.45) is 0 Å². The van der Waals surface area contributed by atoms with Crippen molar-refractivity contribution in [2.45, 2.75) is 26.0 Å². The van der Waals surface area contributed by atoms with Crippen molar-refractivity contribution >= 4 is 17.8 Å². The number of hydrogen-bond donors (Lipinski definition) is 1. The van der Waals surface area contributed by atoms with Crippen LogP contribution in [0.2, 0.25) is 0 Å². The van der Waals surface area contributed by atoms with E-state index in [1.807, 2.05) is 30.3 Å². The van der Waals surface area contributed by atoms with Crippen LogP contribution in [0.25, 0.3) is 0 Å². The first-order valence-electron chi connectivity index (χ1n) is 7.21. The zero-order chi connectivity index (χ0) is 17.1. The smallest absolute Gasteiger partial charge is 0.408 e. The lowest BCUT2D eigenvalue weighted by molar-refractivity contribution is -0.146. The number of methoxy groups -OCH3 is 1. The second kappa shape index (κ2) is 10.3. The lowest BCUT2D eigenvalue weighted by atomic mass is 10.1. The van der Waals surface area contributed by atoms with Gasteiger partial charge in [-0.25, -0.2) is 4.79 Å². The normalized spacial score (nSPS) is 11.4. The van der Waals surface area contributed by atoms with Crippen molar-refractivity contribution in [1.29, 1.82) is 0 Å². The molecule has 7 nitrogen and oxygen atoms in total. The predicted molar refractivity (Wildman–Crippen MR) is 81.7 cm³/mol. The van der Waals surface area contributed by atoms with Gasteiger partial charge in [0.1, 0.15) is 19.1 Å². The number of nitrogens with one attached hydrogen (secondary N) is 1. The van der Waals surface area contributed by atoms with Crippen LogP contribution in [-0.2, 0) is 30.4 Å². The number of rotatable bonds is 9. The van der Waals surface area contributed by atoms with Crippen LogP contribution in [0, 0.1) is 0 Å². The third-order valence-electron chi connectivity index (χ3n) is 2.85. The van der Waals surface area contributed by atoms with Crippen LogP contribution < -0.4 is 5.32 Å². The molecule has 1 unspecified atom stereocenters. The Balaban J connectivity index is 2.48. The molecule has 0 spiro atoms. The molecule has 126 valence electrons. The van der Waals surface area contributed by atoms with Gasteiger partial charge < -0.3 is 19.5 Å². The first-order chi connectivity index (χ1) is 11.1. The number of esters is 1. The number of amides is 1. The Kier molecular flexibility index (Phi) is 8.38. The van der Waals surface area contributed by atoms with Gasteiger partial charge in [0.25, 0.3) is 0 Å². The Bertz CT molecular complexity index is 517. The fraction of sp³-hybridized carbons (Fsp3) is 0.438. The Labute approximate surface area is 134 Å². The standard InChI is InChI=1S/C16H21NO6/c1-3-22-15(19)9-14(18)13(11-21-2)17-16(20)23-10-12-7-5-4-6-8-12/h4-8,13H,3,9-11H2,1-2H3,(H,17,20). The number of benzene rings is 1.